The first kappa shape index (κ1) is 19.4. The van der Waals surface area contributed by atoms with E-state index in [0.29, 0.717) is 10.0 Å². The van der Waals surface area contributed by atoms with Crippen LogP contribution in [-0.2, 0) is 0 Å². The zero-order valence-corrected chi connectivity index (χ0v) is 17.4. The molecule has 0 spiro atoms. The molecule has 0 fully saturated rings. The van der Waals surface area contributed by atoms with Crippen LogP contribution in [-0.4, -0.2) is 24.0 Å². The van der Waals surface area contributed by atoms with Crippen LogP contribution in [0.25, 0.3) is 28.2 Å². The Kier molecular flexibility index (Phi) is 5.47. The lowest BCUT2D eigenvalue weighted by Crippen LogP contribution is -2.00. The highest BCUT2D eigenvalue weighted by molar-refractivity contribution is 6.42. The van der Waals surface area contributed by atoms with E-state index in [1.807, 2.05) is 65.3 Å². The Morgan fingerprint density at radius 1 is 0.724 bits per heavy atom. The number of aromatic nitrogens is 2. The van der Waals surface area contributed by atoms with Gasteiger partial charge < -0.3 is 9.47 Å². The van der Waals surface area contributed by atoms with Crippen molar-refractivity contribution in [3.8, 4) is 39.7 Å². The molecule has 146 valence electrons. The number of nitrogens with zero attached hydrogens (tertiary/aromatic N) is 2. The number of halogens is 2. The summed E-state index contributed by atoms with van der Waals surface area (Å²) in [6, 6.07) is 23.0. The van der Waals surface area contributed by atoms with Crippen LogP contribution < -0.4 is 9.47 Å². The van der Waals surface area contributed by atoms with Gasteiger partial charge in [-0.25, -0.2) is 4.68 Å². The number of rotatable bonds is 5. The average molecular weight is 425 g/mol. The molecule has 0 aliphatic heterocycles. The first-order chi connectivity index (χ1) is 14.1. The van der Waals surface area contributed by atoms with E-state index >= 15 is 0 Å². The Morgan fingerprint density at radius 2 is 1.34 bits per heavy atom. The summed E-state index contributed by atoms with van der Waals surface area (Å²) in [5.74, 6) is 1.50. The van der Waals surface area contributed by atoms with Crippen LogP contribution in [0.3, 0.4) is 0 Å². The molecular weight excluding hydrogens is 407 g/mol. The van der Waals surface area contributed by atoms with Crippen LogP contribution in [0, 0.1) is 0 Å². The lowest BCUT2D eigenvalue weighted by molar-refractivity contribution is 0.416. The monoisotopic (exact) mass is 424 g/mol. The van der Waals surface area contributed by atoms with Gasteiger partial charge in [0.05, 0.1) is 41.3 Å². The smallest absolute Gasteiger partial charge is 0.128 e. The molecule has 4 aromatic rings. The van der Waals surface area contributed by atoms with Gasteiger partial charge in [0.25, 0.3) is 0 Å². The van der Waals surface area contributed by atoms with Crippen molar-refractivity contribution >= 4 is 23.2 Å². The Bertz CT molecular complexity index is 1170. The van der Waals surface area contributed by atoms with Gasteiger partial charge in [0.2, 0.25) is 0 Å². The van der Waals surface area contributed by atoms with Gasteiger partial charge in [-0.15, -0.1) is 0 Å². The van der Waals surface area contributed by atoms with Crippen molar-refractivity contribution in [2.45, 2.75) is 0 Å². The summed E-state index contributed by atoms with van der Waals surface area (Å²) in [7, 11) is 3.30. The minimum absolute atomic E-state index is 0.462. The normalized spacial score (nSPS) is 10.8. The van der Waals surface area contributed by atoms with Crippen molar-refractivity contribution in [1.29, 1.82) is 0 Å². The molecular formula is C23H18Cl2N2O2. The molecule has 29 heavy (non-hydrogen) atoms. The summed E-state index contributed by atoms with van der Waals surface area (Å²) < 4.78 is 12.9. The Labute approximate surface area is 179 Å². The summed E-state index contributed by atoms with van der Waals surface area (Å²) in [5, 5.41) is 5.82. The Balaban J connectivity index is 1.97. The summed E-state index contributed by atoms with van der Waals surface area (Å²) in [5.41, 5.74) is 4.23. The zero-order chi connectivity index (χ0) is 20.4. The van der Waals surface area contributed by atoms with Gasteiger partial charge in [-0.05, 0) is 48.5 Å². The van der Waals surface area contributed by atoms with E-state index in [9.17, 15) is 0 Å². The van der Waals surface area contributed by atoms with E-state index in [2.05, 4.69) is 0 Å². The molecule has 4 rings (SSSR count). The standard InChI is InChI=1S/C23H18Cl2N2O2/c1-28-22-9-5-3-7-16(22)20-14-21(17-8-4-6-10-23(17)29-2)27(26-20)15-11-12-18(24)19(25)13-15/h3-14H,1-2H3. The van der Waals surface area contributed by atoms with Gasteiger partial charge in [-0.2, -0.15) is 5.10 Å². The third-order valence-electron chi connectivity index (χ3n) is 4.62. The molecule has 0 amide bonds. The van der Waals surface area contributed by atoms with E-state index in [4.69, 9.17) is 37.8 Å². The third kappa shape index (κ3) is 3.69. The fourth-order valence-corrected chi connectivity index (χ4v) is 3.52. The second kappa shape index (κ2) is 8.19. The van der Waals surface area contributed by atoms with Crippen molar-refractivity contribution in [2.75, 3.05) is 14.2 Å². The van der Waals surface area contributed by atoms with E-state index in [1.54, 1.807) is 26.4 Å². The third-order valence-corrected chi connectivity index (χ3v) is 5.36. The van der Waals surface area contributed by atoms with Crippen LogP contribution in [0.15, 0.2) is 72.8 Å². The van der Waals surface area contributed by atoms with E-state index < -0.39 is 0 Å². The summed E-state index contributed by atoms with van der Waals surface area (Å²) in [6.45, 7) is 0. The second-order valence-electron chi connectivity index (χ2n) is 6.33. The second-order valence-corrected chi connectivity index (χ2v) is 7.14. The molecule has 6 heteroatoms. The minimum Gasteiger partial charge on any atom is -0.496 e. The first-order valence-corrected chi connectivity index (χ1v) is 9.70. The maximum absolute atomic E-state index is 6.27. The summed E-state index contributed by atoms with van der Waals surface area (Å²) >= 11 is 12.4. The summed E-state index contributed by atoms with van der Waals surface area (Å²) in [4.78, 5) is 0. The van der Waals surface area contributed by atoms with E-state index in [1.165, 1.54) is 0 Å². The molecule has 0 saturated carbocycles. The first-order valence-electron chi connectivity index (χ1n) is 8.94. The lowest BCUT2D eigenvalue weighted by Gasteiger charge is -2.11. The molecule has 0 aliphatic rings. The molecule has 1 heterocycles. The van der Waals surface area contributed by atoms with Crippen LogP contribution >= 0.6 is 23.2 Å². The molecule has 0 radical (unpaired) electrons. The zero-order valence-electron chi connectivity index (χ0n) is 15.9. The molecule has 0 bridgehead atoms. The van der Waals surface area contributed by atoms with Gasteiger partial charge >= 0.3 is 0 Å². The van der Waals surface area contributed by atoms with Crippen molar-refractivity contribution < 1.29 is 9.47 Å². The molecule has 0 saturated heterocycles. The van der Waals surface area contributed by atoms with Crippen LogP contribution in [0.1, 0.15) is 0 Å². The highest BCUT2D eigenvalue weighted by Gasteiger charge is 2.18. The average Bonchev–Trinajstić information content (AvgIpc) is 3.20. The number of para-hydroxylation sites is 2. The number of hydrogen-bond donors (Lipinski definition) is 0. The van der Waals surface area contributed by atoms with Gasteiger partial charge in [-0.1, -0.05) is 47.5 Å². The minimum atomic E-state index is 0.462. The van der Waals surface area contributed by atoms with E-state index in [0.717, 1.165) is 39.7 Å². The van der Waals surface area contributed by atoms with Crippen LogP contribution in [0.4, 0.5) is 0 Å². The highest BCUT2D eigenvalue weighted by atomic mass is 35.5. The fourth-order valence-electron chi connectivity index (χ4n) is 3.23. The van der Waals surface area contributed by atoms with Crippen molar-refractivity contribution in [2.24, 2.45) is 0 Å². The fraction of sp³-hybridized carbons (Fsp3) is 0.0870. The Morgan fingerprint density at radius 3 is 2.00 bits per heavy atom. The number of benzene rings is 3. The van der Waals surface area contributed by atoms with Crippen molar-refractivity contribution in [3.63, 3.8) is 0 Å². The molecule has 0 atom stereocenters. The number of ether oxygens (including phenoxy) is 2. The quantitative estimate of drug-likeness (QED) is 0.365. The predicted octanol–water partition coefficient (Wildman–Crippen LogP) is 6.53. The topological polar surface area (TPSA) is 36.3 Å². The predicted molar refractivity (Wildman–Crippen MR) is 118 cm³/mol. The highest BCUT2D eigenvalue weighted by Crippen LogP contribution is 2.37. The molecule has 0 unspecified atom stereocenters. The van der Waals surface area contributed by atoms with Gasteiger partial charge in [0.15, 0.2) is 0 Å². The molecule has 3 aromatic carbocycles. The SMILES string of the molecule is COc1ccccc1-c1cc(-c2ccccc2OC)n(-c2ccc(Cl)c(Cl)c2)n1. The Hall–Kier alpha value is -2.95. The number of hydrogen-bond acceptors (Lipinski definition) is 3. The van der Waals surface area contributed by atoms with Crippen LogP contribution in [0.5, 0.6) is 11.5 Å². The number of methoxy groups -OCH3 is 2. The lowest BCUT2D eigenvalue weighted by atomic mass is 10.1. The van der Waals surface area contributed by atoms with Crippen molar-refractivity contribution in [3.05, 3.63) is 82.8 Å². The van der Waals surface area contributed by atoms with Crippen LogP contribution in [0.2, 0.25) is 10.0 Å². The molecule has 0 N–H and O–H groups in total. The van der Waals surface area contributed by atoms with Gasteiger partial charge in [-0.3, -0.25) is 0 Å². The molecule has 4 nitrogen and oxygen atoms in total. The molecule has 0 aliphatic carbocycles. The van der Waals surface area contributed by atoms with Gasteiger partial charge in [0.1, 0.15) is 11.5 Å². The maximum atomic E-state index is 6.27. The van der Waals surface area contributed by atoms with Gasteiger partial charge in [0, 0.05) is 11.1 Å². The molecule has 1 aromatic heterocycles. The largest absolute Gasteiger partial charge is 0.496 e. The van der Waals surface area contributed by atoms with Crippen molar-refractivity contribution in [1.82, 2.24) is 9.78 Å². The van der Waals surface area contributed by atoms with E-state index in [-0.39, 0.29) is 0 Å². The summed E-state index contributed by atoms with van der Waals surface area (Å²) in [6.07, 6.45) is 0. The maximum Gasteiger partial charge on any atom is 0.128 e.